The number of urea groups is 1. The summed E-state index contributed by atoms with van der Waals surface area (Å²) in [4.78, 5) is 46.8. The van der Waals surface area contributed by atoms with Crippen LogP contribution < -0.4 is 10.6 Å². The number of rotatable bonds is 6. The Balaban J connectivity index is 2.28. The molecule has 0 aliphatic carbocycles. The number of nitrogens with zero attached hydrogens (tertiary/aromatic N) is 1. The van der Waals surface area contributed by atoms with E-state index in [-0.39, 0.29) is 10.6 Å². The van der Waals surface area contributed by atoms with Crippen molar-refractivity contribution in [2.24, 2.45) is 0 Å². The molecule has 2 aromatic rings. The summed E-state index contributed by atoms with van der Waals surface area (Å²) in [7, 11) is 0. The van der Waals surface area contributed by atoms with Gasteiger partial charge < -0.3 is 10.1 Å². The van der Waals surface area contributed by atoms with Crippen LogP contribution in [0.3, 0.4) is 0 Å². The zero-order chi connectivity index (χ0) is 20.7. The second kappa shape index (κ2) is 9.47. The fourth-order valence-electron chi connectivity index (χ4n) is 2.24. The number of nitrogens with one attached hydrogen (secondary N) is 2. The van der Waals surface area contributed by atoms with Crippen LogP contribution in [0.1, 0.15) is 28.9 Å². The first-order valence-corrected chi connectivity index (χ1v) is 8.49. The molecule has 0 aliphatic rings. The van der Waals surface area contributed by atoms with Crippen LogP contribution in [0, 0.1) is 10.1 Å². The molecule has 0 bridgehead atoms. The van der Waals surface area contributed by atoms with Crippen LogP contribution >= 0.6 is 11.6 Å². The number of nitro benzene ring substituents is 1. The van der Waals surface area contributed by atoms with E-state index in [4.69, 9.17) is 16.3 Å². The highest BCUT2D eigenvalue weighted by Crippen LogP contribution is 2.27. The molecule has 2 aromatic carbocycles. The van der Waals surface area contributed by atoms with E-state index in [1.165, 1.54) is 12.1 Å². The molecule has 0 unspecified atom stereocenters. The molecule has 0 spiro atoms. The first-order valence-electron chi connectivity index (χ1n) is 8.12. The fraction of sp³-hybridized carbons (Fsp3) is 0.167. The highest BCUT2D eigenvalue weighted by atomic mass is 35.5. The summed E-state index contributed by atoms with van der Waals surface area (Å²) in [6.45, 7) is 1.97. The Bertz CT molecular complexity index is 903. The second-order valence-electron chi connectivity index (χ2n) is 5.47. The molecule has 9 nitrogen and oxygen atoms in total. The van der Waals surface area contributed by atoms with Gasteiger partial charge in [0.05, 0.1) is 10.5 Å². The Labute approximate surface area is 164 Å². The van der Waals surface area contributed by atoms with Gasteiger partial charge in [-0.05, 0) is 19.1 Å². The number of imide groups is 1. The summed E-state index contributed by atoms with van der Waals surface area (Å²) >= 11 is 5.73. The molecule has 10 heteroatoms. The summed E-state index contributed by atoms with van der Waals surface area (Å²) in [5, 5.41) is 15.3. The highest BCUT2D eigenvalue weighted by Gasteiger charge is 2.28. The number of benzene rings is 2. The zero-order valence-electron chi connectivity index (χ0n) is 14.7. The van der Waals surface area contributed by atoms with Crippen molar-refractivity contribution in [1.29, 1.82) is 0 Å². The monoisotopic (exact) mass is 405 g/mol. The van der Waals surface area contributed by atoms with Gasteiger partial charge in [-0.1, -0.05) is 41.9 Å². The maximum atomic E-state index is 12.5. The van der Waals surface area contributed by atoms with Gasteiger partial charge in [-0.2, -0.15) is 0 Å². The first-order chi connectivity index (χ1) is 13.3. The molecule has 0 heterocycles. The van der Waals surface area contributed by atoms with Crippen LogP contribution in [0.2, 0.25) is 5.02 Å². The third kappa shape index (κ3) is 5.27. The van der Waals surface area contributed by atoms with E-state index in [1.54, 1.807) is 37.3 Å². The van der Waals surface area contributed by atoms with Crippen molar-refractivity contribution in [3.05, 3.63) is 74.8 Å². The van der Waals surface area contributed by atoms with Crippen LogP contribution in [0.5, 0.6) is 0 Å². The number of halogens is 1. The van der Waals surface area contributed by atoms with Gasteiger partial charge in [0.25, 0.3) is 11.6 Å². The van der Waals surface area contributed by atoms with Crippen molar-refractivity contribution in [3.63, 3.8) is 0 Å². The lowest BCUT2D eigenvalue weighted by molar-refractivity contribution is -0.384. The topological polar surface area (TPSA) is 128 Å². The molecule has 0 aliphatic heterocycles. The largest absolute Gasteiger partial charge is 0.444 e. The van der Waals surface area contributed by atoms with E-state index in [9.17, 15) is 24.5 Å². The molecule has 2 N–H and O–H groups in total. The summed E-state index contributed by atoms with van der Waals surface area (Å²) in [6, 6.07) is 10.7. The van der Waals surface area contributed by atoms with Gasteiger partial charge >= 0.3 is 12.0 Å². The lowest BCUT2D eigenvalue weighted by Crippen LogP contribution is -2.42. The second-order valence-corrected chi connectivity index (χ2v) is 5.88. The quantitative estimate of drug-likeness (QED) is 0.432. The molecule has 0 fully saturated rings. The minimum atomic E-state index is -1.44. The molecule has 3 amide bonds. The number of esters is 1. The number of ether oxygens (including phenoxy) is 1. The number of nitro groups is 1. The van der Waals surface area contributed by atoms with E-state index in [0.717, 1.165) is 6.07 Å². The predicted octanol–water partition coefficient (Wildman–Crippen LogP) is 2.99. The zero-order valence-corrected chi connectivity index (χ0v) is 15.4. The maximum Gasteiger partial charge on any atom is 0.339 e. The number of amides is 3. The minimum Gasteiger partial charge on any atom is -0.444 e. The SMILES string of the molecule is CCNC(=O)NC(=O)[C@H](OC(=O)c1ccc(Cl)c([N+](=O)[O-])c1)c1ccccc1. The third-order valence-electron chi connectivity index (χ3n) is 3.52. The van der Waals surface area contributed by atoms with Crippen LogP contribution in [-0.2, 0) is 9.53 Å². The minimum absolute atomic E-state index is 0.143. The lowest BCUT2D eigenvalue weighted by Gasteiger charge is -2.17. The number of hydrogen-bond donors (Lipinski definition) is 2. The van der Waals surface area contributed by atoms with Crippen molar-refractivity contribution in [3.8, 4) is 0 Å². The Morgan fingerprint density at radius 2 is 1.86 bits per heavy atom. The number of carbonyl (C=O) groups is 3. The summed E-state index contributed by atoms with van der Waals surface area (Å²) in [5.74, 6) is -1.85. The Kier molecular flexibility index (Phi) is 7.05. The Morgan fingerprint density at radius 3 is 2.46 bits per heavy atom. The van der Waals surface area contributed by atoms with Crippen LogP contribution in [-0.4, -0.2) is 29.4 Å². The van der Waals surface area contributed by atoms with Crippen LogP contribution in [0.4, 0.5) is 10.5 Å². The van der Waals surface area contributed by atoms with Crippen LogP contribution in [0.25, 0.3) is 0 Å². The van der Waals surface area contributed by atoms with Gasteiger partial charge in [-0.15, -0.1) is 0 Å². The van der Waals surface area contributed by atoms with Gasteiger partial charge in [-0.25, -0.2) is 9.59 Å². The third-order valence-corrected chi connectivity index (χ3v) is 3.84. The predicted molar refractivity (Wildman–Crippen MR) is 99.9 cm³/mol. The van der Waals surface area contributed by atoms with Gasteiger partial charge in [-0.3, -0.25) is 20.2 Å². The fourth-order valence-corrected chi connectivity index (χ4v) is 2.42. The standard InChI is InChI=1S/C18H16ClN3O6/c1-2-20-18(25)21-16(23)15(11-6-4-3-5-7-11)28-17(24)12-8-9-13(19)14(10-12)22(26)27/h3-10,15H,2H2,1H3,(H2,20,21,23,25)/t15-/m1/s1. The van der Waals surface area contributed by atoms with E-state index >= 15 is 0 Å². The smallest absolute Gasteiger partial charge is 0.339 e. The molecule has 28 heavy (non-hydrogen) atoms. The molecular weight excluding hydrogens is 390 g/mol. The van der Waals surface area contributed by atoms with Crippen molar-refractivity contribution in [2.75, 3.05) is 6.54 Å². The molecular formula is C18H16ClN3O6. The Morgan fingerprint density at radius 1 is 1.18 bits per heavy atom. The number of carbonyl (C=O) groups excluding carboxylic acids is 3. The molecule has 2 rings (SSSR count). The molecule has 1 atom stereocenters. The van der Waals surface area contributed by atoms with Gasteiger partial charge in [0.1, 0.15) is 5.02 Å². The normalized spacial score (nSPS) is 11.2. The highest BCUT2D eigenvalue weighted by molar-refractivity contribution is 6.32. The average Bonchev–Trinajstić information content (AvgIpc) is 2.66. The van der Waals surface area contributed by atoms with E-state index in [0.29, 0.717) is 12.1 Å². The van der Waals surface area contributed by atoms with Crippen molar-refractivity contribution in [2.45, 2.75) is 13.0 Å². The Hall–Kier alpha value is -3.46. The molecule has 0 aromatic heterocycles. The molecule has 0 saturated carbocycles. The van der Waals surface area contributed by atoms with Gasteiger partial charge in [0, 0.05) is 18.2 Å². The summed E-state index contributed by atoms with van der Waals surface area (Å²) in [6.07, 6.45) is -1.44. The van der Waals surface area contributed by atoms with E-state index in [1.807, 2.05) is 0 Å². The maximum absolute atomic E-state index is 12.5. The number of hydrogen-bond acceptors (Lipinski definition) is 6. The first kappa shape index (κ1) is 20.8. The lowest BCUT2D eigenvalue weighted by atomic mass is 10.1. The van der Waals surface area contributed by atoms with Crippen molar-refractivity contribution in [1.82, 2.24) is 10.6 Å². The van der Waals surface area contributed by atoms with E-state index in [2.05, 4.69) is 10.6 Å². The van der Waals surface area contributed by atoms with Crippen molar-refractivity contribution >= 4 is 35.2 Å². The van der Waals surface area contributed by atoms with E-state index < -0.39 is 34.6 Å². The summed E-state index contributed by atoms with van der Waals surface area (Å²) < 4.78 is 5.24. The van der Waals surface area contributed by atoms with Crippen molar-refractivity contribution < 1.29 is 24.0 Å². The molecule has 0 saturated heterocycles. The molecule has 146 valence electrons. The summed E-state index contributed by atoms with van der Waals surface area (Å²) in [5.41, 5.74) is -0.317. The van der Waals surface area contributed by atoms with Crippen LogP contribution in [0.15, 0.2) is 48.5 Å². The van der Waals surface area contributed by atoms with Gasteiger partial charge in [0.2, 0.25) is 6.10 Å². The average molecular weight is 406 g/mol. The van der Waals surface area contributed by atoms with Gasteiger partial charge in [0.15, 0.2) is 0 Å². The molecule has 0 radical (unpaired) electrons.